The minimum absolute atomic E-state index is 0.241. The van der Waals surface area contributed by atoms with E-state index < -0.39 is 0 Å². The van der Waals surface area contributed by atoms with Gasteiger partial charge < -0.3 is 5.32 Å². The molecule has 0 fully saturated rings. The van der Waals surface area contributed by atoms with Crippen molar-refractivity contribution in [3.8, 4) is 0 Å². The molecule has 0 bridgehead atoms. The highest BCUT2D eigenvalue weighted by Gasteiger charge is 2.08. The molecule has 0 radical (unpaired) electrons. The molecule has 0 aliphatic carbocycles. The summed E-state index contributed by atoms with van der Waals surface area (Å²) in [5.74, 6) is -0.241. The molecule has 0 spiro atoms. The van der Waals surface area contributed by atoms with E-state index in [0.29, 0.717) is 25.9 Å². The largest absolute Gasteiger partial charge is 0.322 e. The van der Waals surface area contributed by atoms with Crippen LogP contribution >= 0.6 is 39.1 Å². The van der Waals surface area contributed by atoms with Gasteiger partial charge in [-0.3, -0.25) is 4.79 Å². The van der Waals surface area contributed by atoms with E-state index in [1.54, 1.807) is 30.3 Å². The molecule has 0 unspecified atom stereocenters. The number of aromatic nitrogens is 1. The molecule has 2 aromatic rings. The molecule has 6 heteroatoms. The first kappa shape index (κ1) is 13.3. The van der Waals surface area contributed by atoms with Gasteiger partial charge in [0.1, 0.15) is 5.15 Å². The van der Waals surface area contributed by atoms with Crippen molar-refractivity contribution in [2.45, 2.75) is 0 Å². The number of nitrogens with zero attached hydrogens (tertiary/aromatic N) is 1. The van der Waals surface area contributed by atoms with Crippen molar-refractivity contribution < 1.29 is 4.79 Å². The number of hydrogen-bond acceptors (Lipinski definition) is 2. The standard InChI is InChI=1S/C12H7BrCl2N2O/c13-9-5-7(1-2-10(9)14)12(18)17-8-3-4-16-11(15)6-8/h1-6H,(H,16,17,18). The van der Waals surface area contributed by atoms with Gasteiger partial charge in [-0.2, -0.15) is 0 Å². The molecule has 1 heterocycles. The lowest BCUT2D eigenvalue weighted by molar-refractivity contribution is 0.102. The quantitative estimate of drug-likeness (QED) is 0.819. The van der Waals surface area contributed by atoms with Crippen LogP contribution in [-0.4, -0.2) is 10.9 Å². The summed E-state index contributed by atoms with van der Waals surface area (Å²) in [6, 6.07) is 8.19. The highest BCUT2D eigenvalue weighted by Crippen LogP contribution is 2.23. The Bertz CT molecular complexity index is 604. The third-order valence-electron chi connectivity index (χ3n) is 2.17. The number of rotatable bonds is 2. The lowest BCUT2D eigenvalue weighted by Crippen LogP contribution is -2.11. The third-order valence-corrected chi connectivity index (χ3v) is 3.59. The van der Waals surface area contributed by atoms with E-state index in [-0.39, 0.29) is 5.91 Å². The summed E-state index contributed by atoms with van der Waals surface area (Å²) in [7, 11) is 0. The minimum atomic E-state index is -0.241. The van der Waals surface area contributed by atoms with Crippen molar-refractivity contribution in [2.75, 3.05) is 5.32 Å². The van der Waals surface area contributed by atoms with E-state index in [1.165, 1.54) is 6.20 Å². The van der Waals surface area contributed by atoms with E-state index in [2.05, 4.69) is 26.2 Å². The SMILES string of the molecule is O=C(Nc1ccnc(Cl)c1)c1ccc(Cl)c(Br)c1. The Morgan fingerprint density at radius 3 is 2.67 bits per heavy atom. The van der Waals surface area contributed by atoms with Crippen LogP contribution in [0.4, 0.5) is 5.69 Å². The lowest BCUT2D eigenvalue weighted by atomic mass is 10.2. The van der Waals surface area contributed by atoms with Crippen LogP contribution < -0.4 is 5.32 Å². The van der Waals surface area contributed by atoms with Gasteiger partial charge in [-0.1, -0.05) is 23.2 Å². The molecule has 0 saturated heterocycles. The molecular weight excluding hydrogens is 339 g/mol. The van der Waals surface area contributed by atoms with Gasteiger partial charge in [0.25, 0.3) is 5.91 Å². The summed E-state index contributed by atoms with van der Waals surface area (Å²) < 4.78 is 0.671. The Morgan fingerprint density at radius 2 is 2.00 bits per heavy atom. The number of pyridine rings is 1. The first-order valence-electron chi connectivity index (χ1n) is 4.94. The summed E-state index contributed by atoms with van der Waals surface area (Å²) in [5.41, 5.74) is 1.09. The van der Waals surface area contributed by atoms with Gasteiger partial charge in [-0.05, 0) is 46.3 Å². The fraction of sp³-hybridized carbons (Fsp3) is 0. The molecule has 1 N–H and O–H groups in total. The Hall–Kier alpha value is -1.10. The van der Waals surface area contributed by atoms with Crippen molar-refractivity contribution in [3.63, 3.8) is 0 Å². The topological polar surface area (TPSA) is 42.0 Å². The van der Waals surface area contributed by atoms with Crippen LogP contribution in [0.5, 0.6) is 0 Å². The average molecular weight is 346 g/mol. The highest BCUT2D eigenvalue weighted by molar-refractivity contribution is 9.10. The van der Waals surface area contributed by atoms with Gasteiger partial charge in [0.15, 0.2) is 0 Å². The van der Waals surface area contributed by atoms with Gasteiger partial charge in [0, 0.05) is 21.9 Å². The molecule has 0 atom stereocenters. The van der Waals surface area contributed by atoms with Crippen LogP contribution in [-0.2, 0) is 0 Å². The zero-order valence-electron chi connectivity index (χ0n) is 8.95. The van der Waals surface area contributed by atoms with Crippen LogP contribution in [0, 0.1) is 0 Å². The molecule has 0 saturated carbocycles. The maximum Gasteiger partial charge on any atom is 0.255 e. The fourth-order valence-corrected chi connectivity index (χ4v) is 1.99. The summed E-state index contributed by atoms with van der Waals surface area (Å²) in [5, 5.41) is 3.60. The van der Waals surface area contributed by atoms with Crippen LogP contribution in [0.1, 0.15) is 10.4 Å². The molecule has 0 aliphatic rings. The number of carbonyl (C=O) groups is 1. The van der Waals surface area contributed by atoms with Crippen molar-refractivity contribution in [2.24, 2.45) is 0 Å². The van der Waals surface area contributed by atoms with Crippen molar-refractivity contribution in [1.82, 2.24) is 4.98 Å². The number of amides is 1. The third kappa shape index (κ3) is 3.22. The molecule has 1 amide bonds. The highest BCUT2D eigenvalue weighted by atomic mass is 79.9. The van der Waals surface area contributed by atoms with E-state index in [1.807, 2.05) is 0 Å². The minimum Gasteiger partial charge on any atom is -0.322 e. The number of carbonyl (C=O) groups excluding carboxylic acids is 1. The predicted molar refractivity (Wildman–Crippen MR) is 76.4 cm³/mol. The number of benzene rings is 1. The number of anilines is 1. The molecule has 1 aromatic heterocycles. The van der Waals surface area contributed by atoms with E-state index in [9.17, 15) is 4.79 Å². The van der Waals surface area contributed by atoms with E-state index in [0.717, 1.165) is 0 Å². The summed E-state index contributed by atoms with van der Waals surface area (Å²) in [6.07, 6.45) is 1.52. The molecular formula is C12H7BrCl2N2O. The second kappa shape index (κ2) is 5.69. The zero-order valence-corrected chi connectivity index (χ0v) is 12.1. The number of halogens is 3. The van der Waals surface area contributed by atoms with Gasteiger partial charge >= 0.3 is 0 Å². The Labute approximate surface area is 122 Å². The maximum absolute atomic E-state index is 12.0. The summed E-state index contributed by atoms with van der Waals surface area (Å²) in [6.45, 7) is 0. The van der Waals surface area contributed by atoms with Gasteiger partial charge in [0.05, 0.1) is 5.02 Å². The average Bonchev–Trinajstić information content (AvgIpc) is 2.32. The molecule has 3 nitrogen and oxygen atoms in total. The van der Waals surface area contributed by atoms with Crippen molar-refractivity contribution in [3.05, 3.63) is 56.7 Å². The normalized spacial score (nSPS) is 10.2. The Balaban J connectivity index is 2.19. The molecule has 1 aromatic carbocycles. The molecule has 18 heavy (non-hydrogen) atoms. The lowest BCUT2D eigenvalue weighted by Gasteiger charge is -2.06. The second-order valence-corrected chi connectivity index (χ2v) is 5.10. The first-order valence-corrected chi connectivity index (χ1v) is 6.49. The zero-order chi connectivity index (χ0) is 13.1. The molecule has 92 valence electrons. The van der Waals surface area contributed by atoms with Crippen LogP contribution in [0.2, 0.25) is 10.2 Å². The summed E-state index contributed by atoms with van der Waals surface area (Å²) >= 11 is 14.9. The predicted octanol–water partition coefficient (Wildman–Crippen LogP) is 4.40. The van der Waals surface area contributed by atoms with E-state index >= 15 is 0 Å². The Morgan fingerprint density at radius 1 is 1.22 bits per heavy atom. The first-order chi connectivity index (χ1) is 8.56. The Kier molecular flexibility index (Phi) is 4.22. The van der Waals surface area contributed by atoms with Crippen molar-refractivity contribution in [1.29, 1.82) is 0 Å². The van der Waals surface area contributed by atoms with Gasteiger partial charge in [0.2, 0.25) is 0 Å². The number of hydrogen-bond donors (Lipinski definition) is 1. The van der Waals surface area contributed by atoms with Gasteiger partial charge in [-0.25, -0.2) is 4.98 Å². The number of nitrogens with one attached hydrogen (secondary N) is 1. The maximum atomic E-state index is 12.0. The fourth-order valence-electron chi connectivity index (χ4n) is 1.32. The van der Waals surface area contributed by atoms with E-state index in [4.69, 9.17) is 23.2 Å². The molecule has 0 aliphatic heterocycles. The van der Waals surface area contributed by atoms with Crippen LogP contribution in [0.3, 0.4) is 0 Å². The smallest absolute Gasteiger partial charge is 0.255 e. The van der Waals surface area contributed by atoms with Crippen LogP contribution in [0.15, 0.2) is 41.0 Å². The van der Waals surface area contributed by atoms with Crippen molar-refractivity contribution >= 4 is 50.7 Å². The van der Waals surface area contributed by atoms with Crippen LogP contribution in [0.25, 0.3) is 0 Å². The van der Waals surface area contributed by atoms with Gasteiger partial charge in [-0.15, -0.1) is 0 Å². The molecule has 2 rings (SSSR count). The monoisotopic (exact) mass is 344 g/mol. The summed E-state index contributed by atoms with van der Waals surface area (Å²) in [4.78, 5) is 15.8. The second-order valence-electron chi connectivity index (χ2n) is 3.45.